The van der Waals surface area contributed by atoms with E-state index in [0.29, 0.717) is 6.54 Å². The molecule has 1 aliphatic heterocycles. The summed E-state index contributed by atoms with van der Waals surface area (Å²) in [6.45, 7) is 3.14. The Labute approximate surface area is 151 Å². The summed E-state index contributed by atoms with van der Waals surface area (Å²) in [5.41, 5.74) is 1.87. The summed E-state index contributed by atoms with van der Waals surface area (Å²) in [4.78, 5) is 28.5. The maximum absolute atomic E-state index is 13.2. The van der Waals surface area contributed by atoms with E-state index in [2.05, 4.69) is 0 Å². The van der Waals surface area contributed by atoms with Gasteiger partial charge in [-0.3, -0.25) is 9.59 Å². The molecule has 2 aromatic heterocycles. The zero-order valence-electron chi connectivity index (χ0n) is 14.5. The van der Waals surface area contributed by atoms with Crippen molar-refractivity contribution in [2.24, 2.45) is 5.92 Å². The fourth-order valence-corrected chi connectivity index (χ4v) is 4.88. The number of fused-ring (bicyclic) bond motifs is 1. The maximum Gasteiger partial charge on any atom is 0.257 e. The van der Waals surface area contributed by atoms with Gasteiger partial charge in [-0.1, -0.05) is 6.07 Å². The predicted molar refractivity (Wildman–Crippen MR) is 97.4 cm³/mol. The molecular weight excluding hydrogens is 334 g/mol. The molecular formula is C20H23NO3S. The molecule has 25 heavy (non-hydrogen) atoms. The van der Waals surface area contributed by atoms with Gasteiger partial charge in [0, 0.05) is 31.0 Å². The highest BCUT2D eigenvalue weighted by Gasteiger charge is 2.33. The molecule has 1 saturated heterocycles. The molecule has 0 unspecified atom stereocenters. The van der Waals surface area contributed by atoms with Crippen molar-refractivity contribution in [2.75, 3.05) is 13.1 Å². The van der Waals surface area contributed by atoms with Gasteiger partial charge in [0.2, 0.25) is 0 Å². The number of likely N-dealkylation sites (tertiary alicyclic amines) is 1. The second-order valence-electron chi connectivity index (χ2n) is 7.07. The third-order valence-electron chi connectivity index (χ3n) is 5.40. The molecule has 3 heterocycles. The number of carbonyl (C=O) groups excluding carboxylic acids is 2. The van der Waals surface area contributed by atoms with Crippen LogP contribution >= 0.6 is 11.3 Å². The van der Waals surface area contributed by atoms with E-state index in [1.54, 1.807) is 0 Å². The molecule has 0 spiro atoms. The lowest BCUT2D eigenvalue weighted by atomic mass is 9.91. The van der Waals surface area contributed by atoms with Crippen LogP contribution < -0.4 is 0 Å². The van der Waals surface area contributed by atoms with Crippen molar-refractivity contribution in [2.45, 2.75) is 45.4 Å². The second kappa shape index (κ2) is 6.79. The fraction of sp³-hybridized carbons (Fsp3) is 0.500. The first-order valence-electron chi connectivity index (χ1n) is 9.13. The average molecular weight is 357 g/mol. The summed E-state index contributed by atoms with van der Waals surface area (Å²) in [6.07, 6.45) is 5.86. The van der Waals surface area contributed by atoms with Gasteiger partial charge in [0.25, 0.3) is 5.91 Å². The van der Waals surface area contributed by atoms with Crippen molar-refractivity contribution >= 4 is 23.0 Å². The molecule has 0 saturated carbocycles. The van der Waals surface area contributed by atoms with E-state index in [9.17, 15) is 9.59 Å². The maximum atomic E-state index is 13.2. The minimum absolute atomic E-state index is 0.0491. The van der Waals surface area contributed by atoms with Gasteiger partial charge in [-0.15, -0.1) is 11.3 Å². The van der Waals surface area contributed by atoms with E-state index < -0.39 is 0 Å². The molecule has 4 rings (SSSR count). The quantitative estimate of drug-likeness (QED) is 0.771. The summed E-state index contributed by atoms with van der Waals surface area (Å²) in [7, 11) is 0. The van der Waals surface area contributed by atoms with Crippen LogP contribution in [0.15, 0.2) is 21.9 Å². The second-order valence-corrected chi connectivity index (χ2v) is 8.02. The minimum atomic E-state index is -0.0839. The van der Waals surface area contributed by atoms with Crippen LogP contribution in [0.3, 0.4) is 0 Å². The zero-order valence-corrected chi connectivity index (χ0v) is 15.4. The molecule has 0 bridgehead atoms. The van der Waals surface area contributed by atoms with E-state index >= 15 is 0 Å². The van der Waals surface area contributed by atoms with Crippen LogP contribution in [0.2, 0.25) is 0 Å². The van der Waals surface area contributed by atoms with E-state index in [1.165, 1.54) is 11.3 Å². The highest BCUT2D eigenvalue weighted by atomic mass is 32.1. The SMILES string of the molecule is Cc1oc2c(c1C(=O)N1CCC[C@H](C(=O)c3cccs3)C1)CCCC2. The standard InChI is InChI=1S/C20H23NO3S/c1-13-18(15-7-2-3-8-16(15)24-13)20(23)21-10-4-6-14(12-21)19(22)17-9-5-11-25-17/h5,9,11,14H,2-4,6-8,10,12H2,1H3/t14-/m0/s1. The Bertz CT molecular complexity index is 790. The largest absolute Gasteiger partial charge is 0.465 e. The van der Waals surface area contributed by atoms with Crippen LogP contribution in [0.5, 0.6) is 0 Å². The van der Waals surface area contributed by atoms with Gasteiger partial charge in [0.05, 0.1) is 10.4 Å². The lowest BCUT2D eigenvalue weighted by Crippen LogP contribution is -2.42. The van der Waals surface area contributed by atoms with Crippen molar-refractivity contribution in [3.8, 4) is 0 Å². The van der Waals surface area contributed by atoms with Crippen LogP contribution in [0.1, 0.15) is 62.8 Å². The number of ketones is 1. The highest BCUT2D eigenvalue weighted by Crippen LogP contribution is 2.32. The summed E-state index contributed by atoms with van der Waals surface area (Å²) >= 11 is 1.49. The van der Waals surface area contributed by atoms with Gasteiger partial charge in [-0.25, -0.2) is 0 Å². The molecule has 4 nitrogen and oxygen atoms in total. The van der Waals surface area contributed by atoms with Gasteiger partial charge in [0.15, 0.2) is 5.78 Å². The zero-order chi connectivity index (χ0) is 17.4. The monoisotopic (exact) mass is 357 g/mol. The van der Waals surface area contributed by atoms with Gasteiger partial charge < -0.3 is 9.32 Å². The number of nitrogens with zero attached hydrogens (tertiary/aromatic N) is 1. The van der Waals surface area contributed by atoms with Crippen LogP contribution in [0.25, 0.3) is 0 Å². The first-order chi connectivity index (χ1) is 12.1. The Morgan fingerprint density at radius 2 is 2.08 bits per heavy atom. The van der Waals surface area contributed by atoms with Gasteiger partial charge in [0.1, 0.15) is 11.5 Å². The van der Waals surface area contributed by atoms with Gasteiger partial charge in [-0.2, -0.15) is 0 Å². The topological polar surface area (TPSA) is 50.5 Å². The smallest absolute Gasteiger partial charge is 0.257 e. The van der Waals surface area contributed by atoms with E-state index in [1.807, 2.05) is 29.3 Å². The van der Waals surface area contributed by atoms with E-state index in [0.717, 1.165) is 72.6 Å². The molecule has 0 radical (unpaired) electrons. The summed E-state index contributed by atoms with van der Waals surface area (Å²) in [6, 6.07) is 3.79. The molecule has 1 atom stereocenters. The number of amides is 1. The van der Waals surface area contributed by atoms with Crippen LogP contribution in [0, 0.1) is 12.8 Å². The molecule has 5 heteroatoms. The Morgan fingerprint density at radius 1 is 1.24 bits per heavy atom. The first kappa shape index (κ1) is 16.6. The third-order valence-corrected chi connectivity index (χ3v) is 6.29. The lowest BCUT2D eigenvalue weighted by molar-refractivity contribution is 0.0636. The van der Waals surface area contributed by atoms with Crippen LogP contribution in [-0.2, 0) is 12.8 Å². The molecule has 132 valence electrons. The number of aryl methyl sites for hydroxylation is 2. The molecule has 0 aromatic carbocycles. The fourth-order valence-electron chi connectivity index (χ4n) is 4.14. The minimum Gasteiger partial charge on any atom is -0.465 e. The summed E-state index contributed by atoms with van der Waals surface area (Å²) in [5, 5.41) is 1.93. The van der Waals surface area contributed by atoms with Crippen molar-refractivity contribution in [1.82, 2.24) is 4.90 Å². The number of thiophene rings is 1. The summed E-state index contributed by atoms with van der Waals surface area (Å²) in [5.74, 6) is 1.88. The molecule has 0 N–H and O–H groups in total. The number of piperidine rings is 1. The van der Waals surface area contributed by atoms with Crippen molar-refractivity contribution in [3.05, 3.63) is 45.0 Å². The molecule has 1 fully saturated rings. The van der Waals surface area contributed by atoms with E-state index in [-0.39, 0.29) is 17.6 Å². The number of Topliss-reactive ketones (excluding diaryl/α,β-unsaturated/α-hetero) is 1. The normalized spacial score (nSPS) is 20.4. The van der Waals surface area contributed by atoms with Crippen molar-refractivity contribution in [1.29, 1.82) is 0 Å². The number of rotatable bonds is 3. The number of furan rings is 1. The number of carbonyl (C=O) groups is 2. The van der Waals surface area contributed by atoms with Crippen LogP contribution in [0.4, 0.5) is 0 Å². The predicted octanol–water partition coefficient (Wildman–Crippen LogP) is 4.26. The Kier molecular flexibility index (Phi) is 4.50. The van der Waals surface area contributed by atoms with Crippen molar-refractivity contribution in [3.63, 3.8) is 0 Å². The molecule has 2 aromatic rings. The third kappa shape index (κ3) is 3.06. The van der Waals surface area contributed by atoms with Gasteiger partial charge >= 0.3 is 0 Å². The Balaban J connectivity index is 1.55. The average Bonchev–Trinajstić information content (AvgIpc) is 3.27. The Morgan fingerprint density at radius 3 is 2.88 bits per heavy atom. The Hall–Kier alpha value is -1.88. The lowest BCUT2D eigenvalue weighted by Gasteiger charge is -2.32. The number of hydrogen-bond acceptors (Lipinski definition) is 4. The molecule has 1 amide bonds. The summed E-state index contributed by atoms with van der Waals surface area (Å²) < 4.78 is 5.87. The van der Waals surface area contributed by atoms with Crippen LogP contribution in [-0.4, -0.2) is 29.7 Å². The van der Waals surface area contributed by atoms with Gasteiger partial charge in [-0.05, 0) is 50.5 Å². The molecule has 2 aliphatic rings. The number of hydrogen-bond donors (Lipinski definition) is 0. The first-order valence-corrected chi connectivity index (χ1v) is 10.0. The van der Waals surface area contributed by atoms with E-state index in [4.69, 9.17) is 4.42 Å². The highest BCUT2D eigenvalue weighted by molar-refractivity contribution is 7.12. The molecule has 1 aliphatic carbocycles. The van der Waals surface area contributed by atoms with Crippen molar-refractivity contribution < 1.29 is 14.0 Å².